The van der Waals surface area contributed by atoms with Crippen molar-refractivity contribution in [2.45, 2.75) is 19.8 Å². The molecule has 0 spiro atoms. The van der Waals surface area contributed by atoms with Crippen LogP contribution in [0.5, 0.6) is 0 Å². The molecule has 3 nitrogen and oxygen atoms in total. The SMILES string of the molecule is CCCC(CN)C(=O)c1cccc2ncccc12. The molecule has 0 saturated heterocycles. The number of nitrogens with two attached hydrogens (primary N) is 1. The van der Waals surface area contributed by atoms with E-state index in [0.717, 1.165) is 29.3 Å². The summed E-state index contributed by atoms with van der Waals surface area (Å²) in [6.07, 6.45) is 3.55. The standard InChI is InChI=1S/C15H18N2O/c1-2-5-11(10-16)15(18)13-6-3-8-14-12(13)7-4-9-17-14/h3-4,6-9,11H,2,5,10,16H2,1H3. The summed E-state index contributed by atoms with van der Waals surface area (Å²) in [5.41, 5.74) is 7.30. The molecule has 94 valence electrons. The Labute approximate surface area is 107 Å². The average Bonchev–Trinajstić information content (AvgIpc) is 2.43. The minimum atomic E-state index is -0.0826. The van der Waals surface area contributed by atoms with Gasteiger partial charge in [0, 0.05) is 29.6 Å². The molecule has 0 aliphatic rings. The zero-order chi connectivity index (χ0) is 13.0. The molecule has 18 heavy (non-hydrogen) atoms. The maximum absolute atomic E-state index is 12.5. The van der Waals surface area contributed by atoms with E-state index in [1.54, 1.807) is 6.20 Å². The van der Waals surface area contributed by atoms with E-state index in [2.05, 4.69) is 11.9 Å². The second kappa shape index (κ2) is 5.74. The van der Waals surface area contributed by atoms with Crippen LogP contribution in [-0.4, -0.2) is 17.3 Å². The predicted octanol–water partition coefficient (Wildman–Crippen LogP) is 2.79. The van der Waals surface area contributed by atoms with Crippen molar-refractivity contribution >= 4 is 16.7 Å². The molecule has 1 unspecified atom stereocenters. The third kappa shape index (κ3) is 2.41. The normalized spacial score (nSPS) is 12.6. The fourth-order valence-corrected chi connectivity index (χ4v) is 2.24. The summed E-state index contributed by atoms with van der Waals surface area (Å²) < 4.78 is 0. The Bertz CT molecular complexity index is 546. The Morgan fingerprint density at radius 2 is 2.17 bits per heavy atom. The summed E-state index contributed by atoms with van der Waals surface area (Å²) in [6, 6.07) is 9.46. The molecule has 0 saturated carbocycles. The molecular formula is C15H18N2O. The Morgan fingerprint density at radius 3 is 2.89 bits per heavy atom. The third-order valence-electron chi connectivity index (χ3n) is 3.20. The van der Waals surface area contributed by atoms with E-state index < -0.39 is 0 Å². The minimum absolute atomic E-state index is 0.0826. The summed E-state index contributed by atoms with van der Waals surface area (Å²) in [5.74, 6) is 0.0544. The van der Waals surface area contributed by atoms with Crippen molar-refractivity contribution in [3.63, 3.8) is 0 Å². The van der Waals surface area contributed by atoms with Crippen LogP contribution in [0.2, 0.25) is 0 Å². The van der Waals surface area contributed by atoms with Crippen molar-refractivity contribution in [1.29, 1.82) is 0 Å². The number of hydrogen-bond donors (Lipinski definition) is 1. The molecular weight excluding hydrogens is 224 g/mol. The molecule has 0 radical (unpaired) electrons. The molecule has 1 aromatic heterocycles. The van der Waals surface area contributed by atoms with Gasteiger partial charge in [0.15, 0.2) is 5.78 Å². The highest BCUT2D eigenvalue weighted by molar-refractivity contribution is 6.08. The van der Waals surface area contributed by atoms with Gasteiger partial charge in [0.2, 0.25) is 0 Å². The molecule has 0 aliphatic heterocycles. The number of hydrogen-bond acceptors (Lipinski definition) is 3. The molecule has 1 aromatic carbocycles. The number of ketones is 1. The third-order valence-corrected chi connectivity index (χ3v) is 3.20. The Morgan fingerprint density at radius 1 is 1.33 bits per heavy atom. The van der Waals surface area contributed by atoms with Crippen LogP contribution in [0, 0.1) is 5.92 Å². The summed E-state index contributed by atoms with van der Waals surface area (Å²) in [4.78, 5) is 16.7. The highest BCUT2D eigenvalue weighted by atomic mass is 16.1. The lowest BCUT2D eigenvalue weighted by Gasteiger charge is -2.13. The Kier molecular flexibility index (Phi) is 4.05. The van der Waals surface area contributed by atoms with Crippen molar-refractivity contribution in [1.82, 2.24) is 4.98 Å². The van der Waals surface area contributed by atoms with Crippen molar-refractivity contribution < 1.29 is 4.79 Å². The van der Waals surface area contributed by atoms with Gasteiger partial charge in [-0.3, -0.25) is 9.78 Å². The van der Waals surface area contributed by atoms with Crippen LogP contribution in [0.25, 0.3) is 10.9 Å². The van der Waals surface area contributed by atoms with Gasteiger partial charge in [0.1, 0.15) is 0 Å². The molecule has 2 N–H and O–H groups in total. The van der Waals surface area contributed by atoms with Gasteiger partial charge >= 0.3 is 0 Å². The number of nitrogens with zero attached hydrogens (tertiary/aromatic N) is 1. The van der Waals surface area contributed by atoms with Crippen molar-refractivity contribution in [3.8, 4) is 0 Å². The van der Waals surface area contributed by atoms with Crippen molar-refractivity contribution in [2.24, 2.45) is 11.7 Å². The lowest BCUT2D eigenvalue weighted by molar-refractivity contribution is 0.0919. The number of carbonyl (C=O) groups is 1. The van der Waals surface area contributed by atoms with Crippen LogP contribution in [0.15, 0.2) is 36.5 Å². The smallest absolute Gasteiger partial charge is 0.167 e. The van der Waals surface area contributed by atoms with Gasteiger partial charge < -0.3 is 5.73 Å². The van der Waals surface area contributed by atoms with Gasteiger partial charge in [-0.15, -0.1) is 0 Å². The van der Waals surface area contributed by atoms with Gasteiger partial charge in [-0.05, 0) is 18.6 Å². The molecule has 0 aliphatic carbocycles. The van der Waals surface area contributed by atoms with Crippen LogP contribution >= 0.6 is 0 Å². The van der Waals surface area contributed by atoms with Crippen LogP contribution in [0.4, 0.5) is 0 Å². The molecule has 0 bridgehead atoms. The molecule has 1 heterocycles. The fourth-order valence-electron chi connectivity index (χ4n) is 2.24. The summed E-state index contributed by atoms with van der Waals surface area (Å²) in [6.45, 7) is 2.48. The van der Waals surface area contributed by atoms with Crippen molar-refractivity contribution in [2.75, 3.05) is 6.54 Å². The van der Waals surface area contributed by atoms with E-state index in [1.807, 2.05) is 30.3 Å². The van der Waals surface area contributed by atoms with Crippen LogP contribution in [0.1, 0.15) is 30.1 Å². The largest absolute Gasteiger partial charge is 0.330 e. The summed E-state index contributed by atoms with van der Waals surface area (Å²) in [5, 5.41) is 0.916. The first kappa shape index (κ1) is 12.7. The number of Topliss-reactive ketones (excluding diaryl/α,β-unsaturated/α-hetero) is 1. The van der Waals surface area contributed by atoms with Gasteiger partial charge in [-0.2, -0.15) is 0 Å². The van der Waals surface area contributed by atoms with Crippen LogP contribution < -0.4 is 5.73 Å². The summed E-state index contributed by atoms with van der Waals surface area (Å²) in [7, 11) is 0. The molecule has 0 amide bonds. The van der Waals surface area contributed by atoms with E-state index in [-0.39, 0.29) is 11.7 Å². The zero-order valence-corrected chi connectivity index (χ0v) is 10.6. The maximum atomic E-state index is 12.5. The lowest BCUT2D eigenvalue weighted by atomic mass is 9.91. The highest BCUT2D eigenvalue weighted by Crippen LogP contribution is 2.21. The van der Waals surface area contributed by atoms with E-state index in [9.17, 15) is 4.79 Å². The quantitative estimate of drug-likeness (QED) is 0.820. The number of aromatic nitrogens is 1. The van der Waals surface area contributed by atoms with Crippen LogP contribution in [-0.2, 0) is 0 Å². The van der Waals surface area contributed by atoms with Crippen LogP contribution in [0.3, 0.4) is 0 Å². The maximum Gasteiger partial charge on any atom is 0.167 e. The molecule has 2 rings (SSSR count). The Hall–Kier alpha value is -1.74. The van der Waals surface area contributed by atoms with E-state index in [1.165, 1.54) is 0 Å². The predicted molar refractivity (Wildman–Crippen MR) is 73.5 cm³/mol. The average molecular weight is 242 g/mol. The first-order valence-corrected chi connectivity index (χ1v) is 6.36. The molecule has 1 atom stereocenters. The number of fused-ring (bicyclic) bond motifs is 1. The van der Waals surface area contributed by atoms with Gasteiger partial charge in [0.25, 0.3) is 0 Å². The number of pyridine rings is 1. The van der Waals surface area contributed by atoms with E-state index in [0.29, 0.717) is 6.54 Å². The minimum Gasteiger partial charge on any atom is -0.330 e. The monoisotopic (exact) mass is 242 g/mol. The highest BCUT2D eigenvalue weighted by Gasteiger charge is 2.19. The van der Waals surface area contributed by atoms with Gasteiger partial charge in [-0.25, -0.2) is 0 Å². The first-order valence-electron chi connectivity index (χ1n) is 6.36. The number of benzene rings is 1. The zero-order valence-electron chi connectivity index (χ0n) is 10.6. The van der Waals surface area contributed by atoms with E-state index >= 15 is 0 Å². The summed E-state index contributed by atoms with van der Waals surface area (Å²) >= 11 is 0. The number of rotatable bonds is 5. The molecule has 0 fully saturated rings. The second-order valence-corrected chi connectivity index (χ2v) is 4.46. The van der Waals surface area contributed by atoms with Crippen molar-refractivity contribution in [3.05, 3.63) is 42.1 Å². The first-order chi connectivity index (χ1) is 8.77. The second-order valence-electron chi connectivity index (χ2n) is 4.46. The van der Waals surface area contributed by atoms with Gasteiger partial charge in [-0.1, -0.05) is 31.5 Å². The van der Waals surface area contributed by atoms with Gasteiger partial charge in [0.05, 0.1) is 5.52 Å². The molecule has 2 aromatic rings. The fraction of sp³-hybridized carbons (Fsp3) is 0.333. The topological polar surface area (TPSA) is 56.0 Å². The number of carbonyl (C=O) groups excluding carboxylic acids is 1. The van der Waals surface area contributed by atoms with E-state index in [4.69, 9.17) is 5.73 Å². The lowest BCUT2D eigenvalue weighted by Crippen LogP contribution is -2.23. The molecule has 3 heteroatoms. The Balaban J connectivity index is 2.44.